The van der Waals surface area contributed by atoms with Crippen LogP contribution in [0.2, 0.25) is 0 Å². The van der Waals surface area contributed by atoms with E-state index in [1.165, 1.54) is 48.2 Å². The van der Waals surface area contributed by atoms with Gasteiger partial charge in [-0.2, -0.15) is 0 Å². The molecule has 1 aliphatic heterocycles. The molecule has 0 saturated carbocycles. The van der Waals surface area contributed by atoms with Crippen molar-refractivity contribution >= 4 is 17.6 Å². The molecule has 1 saturated heterocycles. The molecule has 1 amide bonds. The van der Waals surface area contributed by atoms with Gasteiger partial charge in [-0.25, -0.2) is 4.79 Å². The van der Waals surface area contributed by atoms with E-state index in [1.54, 1.807) is 6.07 Å². The Kier molecular flexibility index (Phi) is 8.75. The third kappa shape index (κ3) is 6.50. The first-order chi connectivity index (χ1) is 15.9. The average Bonchev–Trinajstić information content (AvgIpc) is 2.80. The van der Waals surface area contributed by atoms with Gasteiger partial charge >= 0.3 is 5.97 Å². The predicted octanol–water partition coefficient (Wildman–Crippen LogP) is 5.28. The third-order valence-corrected chi connectivity index (χ3v) is 6.14. The minimum atomic E-state index is -1.01. The Labute approximate surface area is 196 Å². The van der Waals surface area contributed by atoms with E-state index in [0.29, 0.717) is 17.9 Å². The second-order valence-corrected chi connectivity index (χ2v) is 8.76. The van der Waals surface area contributed by atoms with Crippen molar-refractivity contribution in [2.24, 2.45) is 0 Å². The minimum Gasteiger partial charge on any atom is -0.494 e. The monoisotopic (exact) mass is 452 g/mol. The molecular formula is C27H36N2O4. The lowest BCUT2D eigenvalue weighted by Crippen LogP contribution is -2.34. The maximum atomic E-state index is 13.1. The Morgan fingerprint density at radius 1 is 1.09 bits per heavy atom. The SMILES string of the molecule is CCCC(NC(=O)Cc1ccc(C(=O)O)cc1OCC)c1ccc(C)cc1N1CCCCC1. The molecule has 3 rings (SSSR count). The van der Waals surface area contributed by atoms with Crippen molar-refractivity contribution in [2.75, 3.05) is 24.6 Å². The normalized spacial score (nSPS) is 14.6. The Hall–Kier alpha value is -3.02. The van der Waals surface area contributed by atoms with Gasteiger partial charge in [0, 0.05) is 24.3 Å². The maximum absolute atomic E-state index is 13.1. The average molecular weight is 453 g/mol. The van der Waals surface area contributed by atoms with E-state index in [2.05, 4.69) is 42.3 Å². The molecule has 33 heavy (non-hydrogen) atoms. The van der Waals surface area contributed by atoms with Gasteiger partial charge in [0.1, 0.15) is 5.75 Å². The molecule has 0 bridgehead atoms. The van der Waals surface area contributed by atoms with Crippen molar-refractivity contribution < 1.29 is 19.4 Å². The number of amides is 1. The van der Waals surface area contributed by atoms with Crippen molar-refractivity contribution in [1.29, 1.82) is 0 Å². The number of carbonyl (C=O) groups excluding carboxylic acids is 1. The van der Waals surface area contributed by atoms with Crippen LogP contribution in [0.25, 0.3) is 0 Å². The first kappa shape index (κ1) is 24.6. The topological polar surface area (TPSA) is 78.9 Å². The third-order valence-electron chi connectivity index (χ3n) is 6.14. The molecule has 1 aliphatic rings. The number of hydrogen-bond acceptors (Lipinski definition) is 4. The molecule has 2 aromatic carbocycles. The fourth-order valence-electron chi connectivity index (χ4n) is 4.49. The molecule has 1 fully saturated rings. The number of carbonyl (C=O) groups is 2. The highest BCUT2D eigenvalue weighted by Crippen LogP contribution is 2.32. The zero-order chi connectivity index (χ0) is 23.8. The lowest BCUT2D eigenvalue weighted by atomic mass is 9.96. The van der Waals surface area contributed by atoms with E-state index in [9.17, 15) is 14.7 Å². The zero-order valence-electron chi connectivity index (χ0n) is 20.0. The summed E-state index contributed by atoms with van der Waals surface area (Å²) in [6, 6.07) is 11.1. The quantitative estimate of drug-likeness (QED) is 0.513. The molecule has 178 valence electrons. The second kappa shape index (κ2) is 11.7. The molecule has 1 unspecified atom stereocenters. The number of carboxylic acids is 1. The van der Waals surface area contributed by atoms with Crippen molar-refractivity contribution in [3.05, 3.63) is 58.7 Å². The Bertz CT molecular complexity index is 967. The summed E-state index contributed by atoms with van der Waals surface area (Å²) in [5.74, 6) is -0.661. The molecule has 0 spiro atoms. The predicted molar refractivity (Wildman–Crippen MR) is 131 cm³/mol. The van der Waals surface area contributed by atoms with Crippen molar-refractivity contribution in [2.45, 2.75) is 65.3 Å². The van der Waals surface area contributed by atoms with Crippen LogP contribution in [-0.4, -0.2) is 36.7 Å². The lowest BCUT2D eigenvalue weighted by Gasteiger charge is -2.33. The largest absolute Gasteiger partial charge is 0.494 e. The summed E-state index contributed by atoms with van der Waals surface area (Å²) in [4.78, 5) is 26.9. The summed E-state index contributed by atoms with van der Waals surface area (Å²) in [5, 5.41) is 12.5. The van der Waals surface area contributed by atoms with Crippen LogP contribution in [0, 0.1) is 6.92 Å². The fraction of sp³-hybridized carbons (Fsp3) is 0.481. The summed E-state index contributed by atoms with van der Waals surface area (Å²) >= 11 is 0. The Morgan fingerprint density at radius 3 is 2.52 bits per heavy atom. The van der Waals surface area contributed by atoms with Gasteiger partial charge in [0.25, 0.3) is 0 Å². The molecule has 0 aliphatic carbocycles. The van der Waals surface area contributed by atoms with Gasteiger partial charge < -0.3 is 20.1 Å². The molecule has 2 N–H and O–H groups in total. The van der Waals surface area contributed by atoms with Gasteiger partial charge in [-0.3, -0.25) is 4.79 Å². The smallest absolute Gasteiger partial charge is 0.335 e. The number of nitrogens with one attached hydrogen (secondary N) is 1. The van der Waals surface area contributed by atoms with Gasteiger partial charge in [0.05, 0.1) is 24.6 Å². The summed E-state index contributed by atoms with van der Waals surface area (Å²) in [7, 11) is 0. The highest BCUT2D eigenvalue weighted by atomic mass is 16.5. The minimum absolute atomic E-state index is 0.0751. The van der Waals surface area contributed by atoms with Crippen LogP contribution < -0.4 is 15.0 Å². The highest BCUT2D eigenvalue weighted by molar-refractivity contribution is 5.88. The number of piperidine rings is 1. The Morgan fingerprint density at radius 2 is 1.85 bits per heavy atom. The number of nitrogens with zero attached hydrogens (tertiary/aromatic N) is 1. The summed E-state index contributed by atoms with van der Waals surface area (Å²) in [5.41, 5.74) is 4.46. The number of carboxylic acid groups (broad SMARTS) is 1. The number of rotatable bonds is 10. The number of aromatic carboxylic acids is 1. The van der Waals surface area contributed by atoms with Crippen LogP contribution >= 0.6 is 0 Å². The van der Waals surface area contributed by atoms with Crippen LogP contribution in [0.1, 0.15) is 79.0 Å². The van der Waals surface area contributed by atoms with E-state index in [-0.39, 0.29) is 23.9 Å². The van der Waals surface area contributed by atoms with Gasteiger partial charge in [-0.1, -0.05) is 31.5 Å². The molecule has 0 radical (unpaired) electrons. The molecule has 6 nitrogen and oxygen atoms in total. The standard InChI is InChI=1S/C27H36N2O4/c1-4-9-23(22-13-10-19(3)16-24(22)29-14-7-6-8-15-29)28-26(30)18-20-11-12-21(27(31)32)17-25(20)33-5-2/h10-13,16-17,23H,4-9,14-15,18H2,1-3H3,(H,28,30)(H,31,32). The van der Waals surface area contributed by atoms with E-state index in [0.717, 1.165) is 25.9 Å². The van der Waals surface area contributed by atoms with Gasteiger partial charge in [0.2, 0.25) is 5.91 Å². The highest BCUT2D eigenvalue weighted by Gasteiger charge is 2.22. The number of anilines is 1. The van der Waals surface area contributed by atoms with E-state index in [4.69, 9.17) is 4.74 Å². The maximum Gasteiger partial charge on any atom is 0.335 e. The van der Waals surface area contributed by atoms with Crippen LogP contribution in [0.3, 0.4) is 0 Å². The van der Waals surface area contributed by atoms with Crippen molar-refractivity contribution in [1.82, 2.24) is 5.32 Å². The molecule has 0 aromatic heterocycles. The first-order valence-electron chi connectivity index (χ1n) is 12.1. The molecule has 1 atom stereocenters. The number of ether oxygens (including phenoxy) is 1. The van der Waals surface area contributed by atoms with Gasteiger partial charge in [-0.05, 0) is 68.9 Å². The summed E-state index contributed by atoms with van der Waals surface area (Å²) < 4.78 is 5.63. The van der Waals surface area contributed by atoms with Crippen LogP contribution in [0.4, 0.5) is 5.69 Å². The van der Waals surface area contributed by atoms with Gasteiger partial charge in [0.15, 0.2) is 0 Å². The van der Waals surface area contributed by atoms with Crippen LogP contribution in [0.5, 0.6) is 5.75 Å². The second-order valence-electron chi connectivity index (χ2n) is 8.76. The fourth-order valence-corrected chi connectivity index (χ4v) is 4.49. The zero-order valence-corrected chi connectivity index (χ0v) is 20.0. The van der Waals surface area contributed by atoms with Gasteiger partial charge in [-0.15, -0.1) is 0 Å². The first-order valence-corrected chi connectivity index (χ1v) is 12.1. The number of hydrogen-bond donors (Lipinski definition) is 2. The number of benzene rings is 2. The van der Waals surface area contributed by atoms with Crippen molar-refractivity contribution in [3.8, 4) is 5.75 Å². The van der Waals surface area contributed by atoms with E-state index in [1.807, 2.05) is 6.92 Å². The summed E-state index contributed by atoms with van der Waals surface area (Å²) in [6.07, 6.45) is 5.62. The lowest BCUT2D eigenvalue weighted by molar-refractivity contribution is -0.121. The summed E-state index contributed by atoms with van der Waals surface area (Å²) in [6.45, 7) is 8.59. The van der Waals surface area contributed by atoms with E-state index < -0.39 is 5.97 Å². The van der Waals surface area contributed by atoms with E-state index >= 15 is 0 Å². The molecule has 2 aromatic rings. The van der Waals surface area contributed by atoms with Crippen LogP contribution in [-0.2, 0) is 11.2 Å². The number of aryl methyl sites for hydroxylation is 1. The molecule has 1 heterocycles. The molecule has 6 heteroatoms. The van der Waals surface area contributed by atoms with Crippen molar-refractivity contribution in [3.63, 3.8) is 0 Å². The van der Waals surface area contributed by atoms with Crippen LogP contribution in [0.15, 0.2) is 36.4 Å². The Balaban J connectivity index is 1.82. The molecular weight excluding hydrogens is 416 g/mol.